The van der Waals surface area contributed by atoms with Gasteiger partial charge < -0.3 is 10.4 Å². The lowest BCUT2D eigenvalue weighted by molar-refractivity contribution is -0.142. The molecule has 1 atom stereocenters. The van der Waals surface area contributed by atoms with Gasteiger partial charge in [0.05, 0.1) is 5.41 Å². The van der Waals surface area contributed by atoms with Gasteiger partial charge in [-0.1, -0.05) is 25.5 Å². The van der Waals surface area contributed by atoms with Crippen LogP contribution in [-0.4, -0.2) is 23.0 Å². The first-order valence-electron chi connectivity index (χ1n) is 6.58. The van der Waals surface area contributed by atoms with Crippen LogP contribution in [0.5, 0.6) is 0 Å². The number of nitrogens with one attached hydrogen (secondary N) is 1. The average Bonchev–Trinajstić information content (AvgIpc) is 2.38. The maximum absolute atomic E-state index is 12.9. The highest BCUT2D eigenvalue weighted by molar-refractivity contribution is 5.90. The SMILES string of the molecule is CCCC(NC(=O)C(C)(C)c1ccc(F)cc1)C(=O)O. The quantitative estimate of drug-likeness (QED) is 0.841. The van der Waals surface area contributed by atoms with Crippen molar-refractivity contribution in [2.75, 3.05) is 0 Å². The van der Waals surface area contributed by atoms with Crippen molar-refractivity contribution in [2.45, 2.75) is 45.1 Å². The van der Waals surface area contributed by atoms with Crippen LogP contribution in [0, 0.1) is 5.82 Å². The highest BCUT2D eigenvalue weighted by Gasteiger charge is 2.32. The molecule has 0 aliphatic heterocycles. The highest BCUT2D eigenvalue weighted by atomic mass is 19.1. The molecule has 5 heteroatoms. The fraction of sp³-hybridized carbons (Fsp3) is 0.467. The number of hydrogen-bond donors (Lipinski definition) is 2. The molecule has 0 heterocycles. The van der Waals surface area contributed by atoms with Crippen LogP contribution in [0.3, 0.4) is 0 Å². The summed E-state index contributed by atoms with van der Waals surface area (Å²) in [6, 6.07) is 4.73. The maximum Gasteiger partial charge on any atom is 0.326 e. The van der Waals surface area contributed by atoms with Gasteiger partial charge in [0.25, 0.3) is 0 Å². The van der Waals surface area contributed by atoms with E-state index in [-0.39, 0.29) is 11.7 Å². The van der Waals surface area contributed by atoms with E-state index in [4.69, 9.17) is 5.11 Å². The molecule has 0 saturated carbocycles. The van der Waals surface area contributed by atoms with Gasteiger partial charge in [-0.3, -0.25) is 4.79 Å². The molecule has 1 aromatic rings. The molecule has 1 unspecified atom stereocenters. The molecule has 0 aliphatic carbocycles. The summed E-state index contributed by atoms with van der Waals surface area (Å²) in [5.41, 5.74) is -0.285. The van der Waals surface area contributed by atoms with Crippen LogP contribution in [0.1, 0.15) is 39.2 Å². The number of carbonyl (C=O) groups is 2. The molecule has 20 heavy (non-hydrogen) atoms. The summed E-state index contributed by atoms with van der Waals surface area (Å²) in [5.74, 6) is -1.81. The fourth-order valence-corrected chi connectivity index (χ4v) is 1.88. The Morgan fingerprint density at radius 2 is 1.85 bits per heavy atom. The lowest BCUT2D eigenvalue weighted by Crippen LogP contribution is -2.48. The number of hydrogen-bond acceptors (Lipinski definition) is 2. The first-order valence-corrected chi connectivity index (χ1v) is 6.58. The Bertz CT molecular complexity index is 482. The zero-order valence-electron chi connectivity index (χ0n) is 11.9. The number of carboxylic acid groups (broad SMARTS) is 1. The lowest BCUT2D eigenvalue weighted by Gasteiger charge is -2.26. The molecular weight excluding hydrogens is 261 g/mol. The van der Waals surface area contributed by atoms with Gasteiger partial charge >= 0.3 is 5.97 Å². The number of amides is 1. The summed E-state index contributed by atoms with van der Waals surface area (Å²) in [5, 5.41) is 11.6. The summed E-state index contributed by atoms with van der Waals surface area (Å²) in [7, 11) is 0. The van der Waals surface area contributed by atoms with E-state index in [9.17, 15) is 14.0 Å². The van der Waals surface area contributed by atoms with E-state index in [1.165, 1.54) is 24.3 Å². The summed E-state index contributed by atoms with van der Waals surface area (Å²) in [6.07, 6.45) is 1.04. The molecule has 0 spiro atoms. The van der Waals surface area contributed by atoms with Crippen LogP contribution >= 0.6 is 0 Å². The van der Waals surface area contributed by atoms with E-state index in [1.807, 2.05) is 6.92 Å². The monoisotopic (exact) mass is 281 g/mol. The van der Waals surface area contributed by atoms with Crippen LogP contribution in [0.15, 0.2) is 24.3 Å². The van der Waals surface area contributed by atoms with E-state index < -0.39 is 17.4 Å². The topological polar surface area (TPSA) is 66.4 Å². The fourth-order valence-electron chi connectivity index (χ4n) is 1.88. The third-order valence-electron chi connectivity index (χ3n) is 3.31. The van der Waals surface area contributed by atoms with Gasteiger partial charge in [0, 0.05) is 0 Å². The standard InChI is InChI=1S/C15H20FNO3/c1-4-5-12(13(18)19)17-14(20)15(2,3)10-6-8-11(16)9-7-10/h6-9,12H,4-5H2,1-3H3,(H,17,20)(H,18,19). The third-order valence-corrected chi connectivity index (χ3v) is 3.31. The Hall–Kier alpha value is -1.91. The summed E-state index contributed by atoms with van der Waals surface area (Å²) in [6.45, 7) is 5.22. The minimum atomic E-state index is -1.05. The van der Waals surface area contributed by atoms with Gasteiger partial charge in [0.2, 0.25) is 5.91 Å². The van der Waals surface area contributed by atoms with Gasteiger partial charge in [-0.2, -0.15) is 0 Å². The molecule has 1 rings (SSSR count). The largest absolute Gasteiger partial charge is 0.480 e. The van der Waals surface area contributed by atoms with Crippen molar-refractivity contribution in [2.24, 2.45) is 0 Å². The molecular formula is C15H20FNO3. The minimum absolute atomic E-state index is 0.376. The van der Waals surface area contributed by atoms with Crippen LogP contribution in [0.4, 0.5) is 4.39 Å². The van der Waals surface area contributed by atoms with Crippen molar-refractivity contribution in [1.82, 2.24) is 5.32 Å². The predicted molar refractivity (Wildman–Crippen MR) is 73.9 cm³/mol. The first-order chi connectivity index (χ1) is 9.28. The second kappa shape index (κ2) is 6.50. The van der Waals surface area contributed by atoms with Crippen LogP contribution in [0.25, 0.3) is 0 Å². The Balaban J connectivity index is 2.88. The van der Waals surface area contributed by atoms with Gasteiger partial charge in [-0.25, -0.2) is 9.18 Å². The van der Waals surface area contributed by atoms with Crippen molar-refractivity contribution < 1.29 is 19.1 Å². The lowest BCUT2D eigenvalue weighted by atomic mass is 9.83. The molecule has 1 aromatic carbocycles. The highest BCUT2D eigenvalue weighted by Crippen LogP contribution is 2.24. The molecule has 1 amide bonds. The normalized spacial score (nSPS) is 12.8. The summed E-state index contributed by atoms with van der Waals surface area (Å²) >= 11 is 0. The average molecular weight is 281 g/mol. The minimum Gasteiger partial charge on any atom is -0.480 e. The Labute approximate surface area is 118 Å². The van der Waals surface area contributed by atoms with Crippen LogP contribution < -0.4 is 5.32 Å². The van der Waals surface area contributed by atoms with Gasteiger partial charge in [-0.15, -0.1) is 0 Å². The molecule has 110 valence electrons. The summed E-state index contributed by atoms with van der Waals surface area (Å²) in [4.78, 5) is 23.3. The van der Waals surface area contributed by atoms with Gasteiger partial charge in [0.15, 0.2) is 0 Å². The maximum atomic E-state index is 12.9. The van der Waals surface area contributed by atoms with Crippen molar-refractivity contribution in [3.8, 4) is 0 Å². The molecule has 0 aliphatic rings. The molecule has 0 aromatic heterocycles. The van der Waals surface area contributed by atoms with E-state index in [0.717, 1.165) is 0 Å². The van der Waals surface area contributed by atoms with Gasteiger partial charge in [0.1, 0.15) is 11.9 Å². The predicted octanol–water partition coefficient (Wildman–Crippen LogP) is 2.47. The number of rotatable bonds is 6. The molecule has 0 saturated heterocycles. The van der Waals surface area contributed by atoms with E-state index >= 15 is 0 Å². The zero-order chi connectivity index (χ0) is 15.3. The van der Waals surface area contributed by atoms with E-state index in [2.05, 4.69) is 5.32 Å². The van der Waals surface area contributed by atoms with Crippen LogP contribution in [-0.2, 0) is 15.0 Å². The Morgan fingerprint density at radius 3 is 2.30 bits per heavy atom. The van der Waals surface area contributed by atoms with E-state index in [1.54, 1.807) is 13.8 Å². The van der Waals surface area contributed by atoms with Crippen molar-refractivity contribution in [3.05, 3.63) is 35.6 Å². The number of aliphatic carboxylic acids is 1. The van der Waals surface area contributed by atoms with Crippen molar-refractivity contribution in [3.63, 3.8) is 0 Å². The smallest absolute Gasteiger partial charge is 0.326 e. The zero-order valence-corrected chi connectivity index (χ0v) is 11.9. The summed E-state index contributed by atoms with van der Waals surface area (Å²) < 4.78 is 12.9. The van der Waals surface area contributed by atoms with Crippen molar-refractivity contribution in [1.29, 1.82) is 0 Å². The number of benzene rings is 1. The second-order valence-electron chi connectivity index (χ2n) is 5.28. The van der Waals surface area contributed by atoms with Crippen molar-refractivity contribution >= 4 is 11.9 Å². The molecule has 0 bridgehead atoms. The number of carboxylic acids is 1. The third kappa shape index (κ3) is 3.79. The molecule has 0 fully saturated rings. The van der Waals surface area contributed by atoms with E-state index in [0.29, 0.717) is 18.4 Å². The number of halogens is 1. The molecule has 2 N–H and O–H groups in total. The first kappa shape index (κ1) is 16.1. The molecule has 0 radical (unpaired) electrons. The van der Waals surface area contributed by atoms with Gasteiger partial charge in [-0.05, 0) is 38.0 Å². The van der Waals surface area contributed by atoms with Crippen LogP contribution in [0.2, 0.25) is 0 Å². The number of carbonyl (C=O) groups excluding carboxylic acids is 1. The molecule has 4 nitrogen and oxygen atoms in total. The second-order valence-corrected chi connectivity index (χ2v) is 5.28. The Morgan fingerprint density at radius 1 is 1.30 bits per heavy atom. The Kier molecular flexibility index (Phi) is 5.25.